The van der Waals surface area contributed by atoms with Crippen molar-refractivity contribution in [3.8, 4) is 22.6 Å². The minimum absolute atomic E-state index is 0.222. The molecule has 4 rings (SSSR count). The largest absolute Gasteiger partial charge is 0.462 e. The Bertz CT molecular complexity index is 1020. The Hall–Kier alpha value is -3.60. The lowest BCUT2D eigenvalue weighted by Gasteiger charge is -2.13. The molecule has 1 aliphatic rings. The van der Waals surface area contributed by atoms with Crippen molar-refractivity contribution in [3.63, 3.8) is 0 Å². The van der Waals surface area contributed by atoms with Gasteiger partial charge in [0.15, 0.2) is 5.75 Å². The van der Waals surface area contributed by atoms with E-state index >= 15 is 0 Å². The number of benzene rings is 3. The monoisotopic (exact) mass is 359 g/mol. The van der Waals surface area contributed by atoms with Gasteiger partial charge in [-0.3, -0.25) is 4.79 Å². The molecule has 0 aromatic heterocycles. The van der Waals surface area contributed by atoms with Crippen molar-refractivity contribution in [2.75, 3.05) is 11.9 Å². The maximum atomic E-state index is 12.6. The van der Waals surface area contributed by atoms with Crippen LogP contribution < -0.4 is 10.1 Å². The number of para-hydroxylation sites is 2. The number of amides is 1. The summed E-state index contributed by atoms with van der Waals surface area (Å²) in [4.78, 5) is 24.5. The summed E-state index contributed by atoms with van der Waals surface area (Å²) in [7, 11) is 0. The van der Waals surface area contributed by atoms with Crippen molar-refractivity contribution >= 4 is 17.6 Å². The molecule has 1 heterocycles. The fourth-order valence-electron chi connectivity index (χ4n) is 3.03. The van der Waals surface area contributed by atoms with Gasteiger partial charge in [0.2, 0.25) is 0 Å². The van der Waals surface area contributed by atoms with Crippen LogP contribution in [-0.2, 0) is 4.74 Å². The Morgan fingerprint density at radius 1 is 0.926 bits per heavy atom. The van der Waals surface area contributed by atoms with Gasteiger partial charge in [0.1, 0.15) is 5.75 Å². The third-order valence-corrected chi connectivity index (χ3v) is 4.32. The molecule has 3 aromatic rings. The number of esters is 1. The summed E-state index contributed by atoms with van der Waals surface area (Å²) in [6, 6.07) is 19.8. The maximum absolute atomic E-state index is 12.6. The number of rotatable bonds is 3. The number of anilines is 1. The van der Waals surface area contributed by atoms with Gasteiger partial charge in [0.05, 0.1) is 23.4 Å². The van der Waals surface area contributed by atoms with Crippen LogP contribution in [0.25, 0.3) is 11.1 Å². The standard InChI is InChI=1S/C22H17NO4/c1-2-26-22(25)15-12-10-14(11-13-15)16-7-5-9-19-20(16)23-21(24)17-6-3-4-8-18(17)27-19/h3-13H,2H2,1H3,(H,23,24). The molecule has 1 N–H and O–H groups in total. The normalized spacial score (nSPS) is 12.1. The third kappa shape index (κ3) is 3.15. The van der Waals surface area contributed by atoms with E-state index in [9.17, 15) is 9.59 Å². The molecule has 1 aliphatic heterocycles. The van der Waals surface area contributed by atoms with E-state index in [0.29, 0.717) is 34.9 Å². The Balaban J connectivity index is 1.74. The number of hydrogen-bond acceptors (Lipinski definition) is 4. The van der Waals surface area contributed by atoms with Crippen molar-refractivity contribution in [2.24, 2.45) is 0 Å². The molecule has 1 amide bonds. The van der Waals surface area contributed by atoms with E-state index in [2.05, 4.69) is 5.32 Å². The average Bonchev–Trinajstić information content (AvgIpc) is 2.84. The number of carbonyl (C=O) groups is 2. The van der Waals surface area contributed by atoms with Crippen LogP contribution in [0.1, 0.15) is 27.6 Å². The quantitative estimate of drug-likeness (QED) is 0.676. The highest BCUT2D eigenvalue weighted by molar-refractivity contribution is 6.10. The number of nitrogens with one attached hydrogen (secondary N) is 1. The van der Waals surface area contributed by atoms with E-state index < -0.39 is 0 Å². The molecule has 0 unspecified atom stereocenters. The highest BCUT2D eigenvalue weighted by Crippen LogP contribution is 2.41. The lowest BCUT2D eigenvalue weighted by atomic mass is 10.0. The number of hydrogen-bond donors (Lipinski definition) is 1. The third-order valence-electron chi connectivity index (χ3n) is 4.32. The zero-order valence-corrected chi connectivity index (χ0v) is 14.7. The summed E-state index contributed by atoms with van der Waals surface area (Å²) in [5.74, 6) is 0.506. The summed E-state index contributed by atoms with van der Waals surface area (Å²) < 4.78 is 11.0. The summed E-state index contributed by atoms with van der Waals surface area (Å²) in [6.45, 7) is 2.10. The van der Waals surface area contributed by atoms with Crippen LogP contribution in [0.15, 0.2) is 66.7 Å². The predicted octanol–water partition coefficient (Wildman–Crippen LogP) is 4.89. The Morgan fingerprint density at radius 2 is 1.63 bits per heavy atom. The molecule has 0 radical (unpaired) electrons. The lowest BCUT2D eigenvalue weighted by Crippen LogP contribution is -2.11. The van der Waals surface area contributed by atoms with Gasteiger partial charge in [-0.05, 0) is 42.8 Å². The van der Waals surface area contributed by atoms with Crippen molar-refractivity contribution in [1.82, 2.24) is 0 Å². The van der Waals surface area contributed by atoms with Crippen molar-refractivity contribution in [2.45, 2.75) is 6.92 Å². The van der Waals surface area contributed by atoms with Crippen LogP contribution in [0, 0.1) is 0 Å². The van der Waals surface area contributed by atoms with Gasteiger partial charge in [0, 0.05) is 5.56 Å². The fourth-order valence-corrected chi connectivity index (χ4v) is 3.03. The smallest absolute Gasteiger partial charge is 0.338 e. The van der Waals surface area contributed by atoms with Crippen LogP contribution in [-0.4, -0.2) is 18.5 Å². The van der Waals surface area contributed by atoms with Crippen LogP contribution in [0.4, 0.5) is 5.69 Å². The van der Waals surface area contributed by atoms with Crippen molar-refractivity contribution in [3.05, 3.63) is 77.9 Å². The van der Waals surface area contributed by atoms with Gasteiger partial charge in [0.25, 0.3) is 5.91 Å². The predicted molar refractivity (Wildman–Crippen MR) is 102 cm³/mol. The summed E-state index contributed by atoms with van der Waals surface area (Å²) in [5, 5.41) is 2.95. The van der Waals surface area contributed by atoms with E-state index in [1.807, 2.05) is 36.4 Å². The first-order valence-electron chi connectivity index (χ1n) is 8.66. The highest BCUT2D eigenvalue weighted by atomic mass is 16.5. The van der Waals surface area contributed by atoms with Crippen molar-refractivity contribution in [1.29, 1.82) is 0 Å². The molecular formula is C22H17NO4. The second kappa shape index (κ2) is 6.96. The van der Waals surface area contributed by atoms with Crippen LogP contribution in [0.2, 0.25) is 0 Å². The van der Waals surface area contributed by atoms with E-state index in [0.717, 1.165) is 11.1 Å². The molecule has 0 fully saturated rings. The Morgan fingerprint density at radius 3 is 2.41 bits per heavy atom. The summed E-state index contributed by atoms with van der Waals surface area (Å²) in [6.07, 6.45) is 0. The first-order valence-corrected chi connectivity index (χ1v) is 8.66. The molecule has 0 atom stereocenters. The first-order chi connectivity index (χ1) is 13.2. The van der Waals surface area contributed by atoms with Crippen LogP contribution >= 0.6 is 0 Å². The maximum Gasteiger partial charge on any atom is 0.338 e. The van der Waals surface area contributed by atoms with Gasteiger partial charge in [-0.2, -0.15) is 0 Å². The second-order valence-corrected chi connectivity index (χ2v) is 6.03. The first kappa shape index (κ1) is 16.8. The van der Waals surface area contributed by atoms with Gasteiger partial charge in [-0.15, -0.1) is 0 Å². The fraction of sp³-hybridized carbons (Fsp3) is 0.0909. The number of carbonyl (C=O) groups excluding carboxylic acids is 2. The molecule has 5 nitrogen and oxygen atoms in total. The van der Waals surface area contributed by atoms with Crippen molar-refractivity contribution < 1.29 is 19.1 Å². The zero-order chi connectivity index (χ0) is 18.8. The molecule has 0 spiro atoms. The van der Waals surface area contributed by atoms with Crippen LogP contribution in [0.3, 0.4) is 0 Å². The summed E-state index contributed by atoms with van der Waals surface area (Å²) >= 11 is 0. The van der Waals surface area contributed by atoms with E-state index in [-0.39, 0.29) is 11.9 Å². The highest BCUT2D eigenvalue weighted by Gasteiger charge is 2.22. The molecular weight excluding hydrogens is 342 g/mol. The van der Waals surface area contributed by atoms with Gasteiger partial charge >= 0.3 is 5.97 Å². The van der Waals surface area contributed by atoms with Crippen LogP contribution in [0.5, 0.6) is 11.5 Å². The second-order valence-electron chi connectivity index (χ2n) is 6.03. The molecule has 27 heavy (non-hydrogen) atoms. The van der Waals surface area contributed by atoms with E-state index in [4.69, 9.17) is 9.47 Å². The topological polar surface area (TPSA) is 64.6 Å². The minimum Gasteiger partial charge on any atom is -0.462 e. The molecule has 0 aliphatic carbocycles. The Kier molecular flexibility index (Phi) is 4.34. The molecule has 3 aromatic carbocycles. The molecule has 0 saturated heterocycles. The van der Waals surface area contributed by atoms with E-state index in [1.54, 1.807) is 37.3 Å². The molecule has 5 heteroatoms. The van der Waals surface area contributed by atoms with Gasteiger partial charge in [-0.1, -0.05) is 36.4 Å². The molecule has 134 valence electrons. The summed E-state index contributed by atoms with van der Waals surface area (Å²) in [5.41, 5.74) is 3.23. The molecule has 0 saturated carbocycles. The zero-order valence-electron chi connectivity index (χ0n) is 14.7. The van der Waals surface area contributed by atoms with E-state index in [1.165, 1.54) is 0 Å². The Labute approximate surface area is 156 Å². The lowest BCUT2D eigenvalue weighted by molar-refractivity contribution is 0.0526. The SMILES string of the molecule is CCOC(=O)c1ccc(-c2cccc3c2NC(=O)c2ccccc2O3)cc1. The van der Waals surface area contributed by atoms with Gasteiger partial charge in [-0.25, -0.2) is 4.79 Å². The van der Waals surface area contributed by atoms with Gasteiger partial charge < -0.3 is 14.8 Å². The number of ether oxygens (including phenoxy) is 2. The average molecular weight is 359 g/mol. The molecule has 0 bridgehead atoms. The minimum atomic E-state index is -0.358. The number of fused-ring (bicyclic) bond motifs is 2.